The third-order valence-corrected chi connectivity index (χ3v) is 4.84. The van der Waals surface area contributed by atoms with E-state index < -0.39 is 5.97 Å². The van der Waals surface area contributed by atoms with Gasteiger partial charge in [0.25, 0.3) is 5.91 Å². The molecule has 2 heterocycles. The van der Waals surface area contributed by atoms with E-state index in [0.29, 0.717) is 31.1 Å². The molecule has 1 unspecified atom stereocenters. The summed E-state index contributed by atoms with van der Waals surface area (Å²) in [7, 11) is 0. The van der Waals surface area contributed by atoms with Crippen LogP contribution < -0.4 is 5.73 Å². The Bertz CT molecular complexity index is 507. The first-order valence-corrected chi connectivity index (χ1v) is 8.07. The predicted molar refractivity (Wildman–Crippen MR) is 80.2 cm³/mol. The Balaban J connectivity index is 1.86. The van der Waals surface area contributed by atoms with Crippen molar-refractivity contribution < 1.29 is 14.7 Å². The minimum absolute atomic E-state index is 0.0464. The normalized spacial score (nSPS) is 17.7. The summed E-state index contributed by atoms with van der Waals surface area (Å²) in [6, 6.07) is -0.154. The van der Waals surface area contributed by atoms with Crippen LogP contribution in [0.4, 0.5) is 0 Å². The third-order valence-electron chi connectivity index (χ3n) is 3.80. The summed E-state index contributed by atoms with van der Waals surface area (Å²) in [5.41, 5.74) is 6.23. The summed E-state index contributed by atoms with van der Waals surface area (Å²) in [6.07, 6.45) is 2.64. The third kappa shape index (κ3) is 4.25. The molecular formula is C14H21N3O3S. The minimum Gasteiger partial charge on any atom is -0.481 e. The predicted octanol–water partition coefficient (Wildman–Crippen LogP) is 1.88. The molecule has 0 saturated carbocycles. The van der Waals surface area contributed by atoms with Gasteiger partial charge in [0.1, 0.15) is 10.7 Å². The Hall–Kier alpha value is -1.47. The number of likely N-dealkylation sites (tertiary alicyclic amines) is 1. The lowest BCUT2D eigenvalue weighted by Crippen LogP contribution is -2.38. The smallest absolute Gasteiger partial charge is 0.303 e. The van der Waals surface area contributed by atoms with Crippen LogP contribution in [0.15, 0.2) is 5.38 Å². The van der Waals surface area contributed by atoms with Crippen LogP contribution in [0.25, 0.3) is 0 Å². The van der Waals surface area contributed by atoms with Crippen molar-refractivity contribution in [2.24, 2.45) is 11.7 Å². The molecule has 2 rings (SSSR count). The van der Waals surface area contributed by atoms with Crippen molar-refractivity contribution in [3.05, 3.63) is 16.1 Å². The fraction of sp³-hybridized carbons (Fsp3) is 0.643. The molecule has 3 N–H and O–H groups in total. The quantitative estimate of drug-likeness (QED) is 0.865. The molecule has 1 atom stereocenters. The van der Waals surface area contributed by atoms with Crippen molar-refractivity contribution in [3.8, 4) is 0 Å². The summed E-state index contributed by atoms with van der Waals surface area (Å²) in [6.45, 7) is 3.20. The van der Waals surface area contributed by atoms with E-state index in [-0.39, 0.29) is 18.4 Å². The Morgan fingerprint density at radius 2 is 2.19 bits per heavy atom. The van der Waals surface area contributed by atoms with E-state index in [4.69, 9.17) is 10.8 Å². The van der Waals surface area contributed by atoms with Crippen LogP contribution in [0, 0.1) is 5.92 Å². The van der Waals surface area contributed by atoms with E-state index in [1.54, 1.807) is 10.3 Å². The van der Waals surface area contributed by atoms with Crippen molar-refractivity contribution in [3.63, 3.8) is 0 Å². The molecule has 0 radical (unpaired) electrons. The molecule has 1 aromatic rings. The van der Waals surface area contributed by atoms with Gasteiger partial charge >= 0.3 is 5.97 Å². The van der Waals surface area contributed by atoms with E-state index in [2.05, 4.69) is 4.98 Å². The first kappa shape index (κ1) is 15.9. The topological polar surface area (TPSA) is 96.5 Å². The summed E-state index contributed by atoms with van der Waals surface area (Å²) >= 11 is 1.41. The molecule has 0 spiro atoms. The number of carboxylic acids is 1. The number of carbonyl (C=O) groups excluding carboxylic acids is 1. The summed E-state index contributed by atoms with van der Waals surface area (Å²) in [4.78, 5) is 29.0. The number of carboxylic acid groups (broad SMARTS) is 1. The van der Waals surface area contributed by atoms with Gasteiger partial charge in [-0.05, 0) is 32.1 Å². The minimum atomic E-state index is -0.751. The number of nitrogens with two attached hydrogens (primary N) is 1. The lowest BCUT2D eigenvalue weighted by Gasteiger charge is -2.31. The molecule has 21 heavy (non-hydrogen) atoms. The zero-order chi connectivity index (χ0) is 15.4. The maximum absolute atomic E-state index is 12.3. The van der Waals surface area contributed by atoms with E-state index in [9.17, 15) is 9.59 Å². The number of carbonyl (C=O) groups is 2. The van der Waals surface area contributed by atoms with Gasteiger partial charge in [-0.1, -0.05) is 0 Å². The average molecular weight is 311 g/mol. The van der Waals surface area contributed by atoms with E-state index >= 15 is 0 Å². The van der Waals surface area contributed by atoms with Gasteiger partial charge in [-0.25, -0.2) is 4.98 Å². The Labute approximate surface area is 128 Å². The number of amides is 1. The molecule has 1 aromatic heterocycles. The van der Waals surface area contributed by atoms with Crippen LogP contribution in [-0.4, -0.2) is 40.0 Å². The molecule has 1 saturated heterocycles. The van der Waals surface area contributed by atoms with Crippen molar-refractivity contribution >= 4 is 23.2 Å². The molecule has 0 aliphatic carbocycles. The van der Waals surface area contributed by atoms with Gasteiger partial charge in [0.05, 0.1) is 6.04 Å². The molecular weight excluding hydrogens is 290 g/mol. The molecule has 0 aromatic carbocycles. The van der Waals surface area contributed by atoms with Crippen LogP contribution >= 0.6 is 11.3 Å². The number of nitrogens with zero attached hydrogens (tertiary/aromatic N) is 2. The lowest BCUT2D eigenvalue weighted by molar-refractivity contribution is -0.137. The maximum atomic E-state index is 12.3. The summed E-state index contributed by atoms with van der Waals surface area (Å²) < 4.78 is 0. The number of thiazole rings is 1. The number of piperidine rings is 1. The lowest BCUT2D eigenvalue weighted by atomic mass is 9.92. The second kappa shape index (κ2) is 7.00. The zero-order valence-corrected chi connectivity index (χ0v) is 12.9. The highest BCUT2D eigenvalue weighted by atomic mass is 32.1. The monoisotopic (exact) mass is 311 g/mol. The number of hydrogen-bond acceptors (Lipinski definition) is 5. The largest absolute Gasteiger partial charge is 0.481 e. The number of aliphatic carboxylic acids is 1. The van der Waals surface area contributed by atoms with E-state index in [1.165, 1.54) is 11.3 Å². The van der Waals surface area contributed by atoms with E-state index in [1.807, 2.05) is 6.92 Å². The van der Waals surface area contributed by atoms with Crippen molar-refractivity contribution in [1.82, 2.24) is 9.88 Å². The fourth-order valence-corrected chi connectivity index (χ4v) is 3.26. The van der Waals surface area contributed by atoms with Gasteiger partial charge in [-0.2, -0.15) is 0 Å². The zero-order valence-electron chi connectivity index (χ0n) is 12.1. The first-order valence-electron chi connectivity index (χ1n) is 7.19. The van der Waals surface area contributed by atoms with Gasteiger partial charge < -0.3 is 15.7 Å². The molecule has 6 nitrogen and oxygen atoms in total. The SMILES string of the molecule is CC(N)c1nc(C(=O)N2CCC(CCC(=O)O)CC2)cs1. The standard InChI is InChI=1S/C14H21N3O3S/c1-9(15)13-16-11(8-21-13)14(20)17-6-4-10(5-7-17)2-3-12(18)19/h8-10H,2-7,15H2,1H3,(H,18,19). The van der Waals surface area contributed by atoms with Crippen LogP contribution in [0.3, 0.4) is 0 Å². The molecule has 1 aliphatic heterocycles. The molecule has 116 valence electrons. The number of rotatable bonds is 5. The van der Waals surface area contributed by atoms with Gasteiger partial charge in [0.2, 0.25) is 0 Å². The van der Waals surface area contributed by atoms with Gasteiger partial charge in [0.15, 0.2) is 0 Å². The highest BCUT2D eigenvalue weighted by Gasteiger charge is 2.25. The summed E-state index contributed by atoms with van der Waals surface area (Å²) in [5, 5.41) is 11.2. The maximum Gasteiger partial charge on any atom is 0.303 e. The molecule has 1 amide bonds. The molecule has 1 fully saturated rings. The van der Waals surface area contributed by atoms with Crippen LogP contribution in [0.1, 0.15) is 54.1 Å². The van der Waals surface area contributed by atoms with Gasteiger partial charge in [0, 0.05) is 24.9 Å². The highest BCUT2D eigenvalue weighted by molar-refractivity contribution is 7.09. The van der Waals surface area contributed by atoms with Crippen LogP contribution in [-0.2, 0) is 4.79 Å². The Kier molecular flexibility index (Phi) is 5.30. The molecule has 0 bridgehead atoms. The first-order chi connectivity index (χ1) is 9.97. The summed E-state index contributed by atoms with van der Waals surface area (Å²) in [5.74, 6) is -0.394. The Morgan fingerprint density at radius 1 is 1.52 bits per heavy atom. The Morgan fingerprint density at radius 3 is 2.71 bits per heavy atom. The van der Waals surface area contributed by atoms with Gasteiger partial charge in [-0.3, -0.25) is 9.59 Å². The second-order valence-electron chi connectivity index (χ2n) is 5.53. The van der Waals surface area contributed by atoms with Gasteiger partial charge in [-0.15, -0.1) is 11.3 Å². The number of hydrogen-bond donors (Lipinski definition) is 2. The van der Waals surface area contributed by atoms with Crippen LogP contribution in [0.5, 0.6) is 0 Å². The fourth-order valence-electron chi connectivity index (χ4n) is 2.51. The number of aromatic nitrogens is 1. The van der Waals surface area contributed by atoms with Crippen molar-refractivity contribution in [1.29, 1.82) is 0 Å². The van der Waals surface area contributed by atoms with Crippen molar-refractivity contribution in [2.75, 3.05) is 13.1 Å². The highest BCUT2D eigenvalue weighted by Crippen LogP contribution is 2.24. The van der Waals surface area contributed by atoms with Crippen LogP contribution in [0.2, 0.25) is 0 Å². The van der Waals surface area contributed by atoms with Crippen molar-refractivity contribution in [2.45, 2.75) is 38.6 Å². The second-order valence-corrected chi connectivity index (χ2v) is 6.42. The van der Waals surface area contributed by atoms with E-state index in [0.717, 1.165) is 17.8 Å². The molecule has 1 aliphatic rings. The average Bonchev–Trinajstić information content (AvgIpc) is 2.95. The molecule has 7 heteroatoms.